The molecule has 1 saturated heterocycles. The first-order valence-corrected chi connectivity index (χ1v) is 6.31. The van der Waals surface area contributed by atoms with Crippen LogP contribution in [0, 0.1) is 0 Å². The van der Waals surface area contributed by atoms with E-state index in [-0.39, 0.29) is 5.91 Å². The standard InChI is InChI=1S/C12H22N2O4/c1-14(2)8-4-3-7-13-11(15)9-5-6-10(18-9)12(16)17/h9-10H,3-8H2,1-2H3,(H,13,15)(H,16,17). The fourth-order valence-electron chi connectivity index (χ4n) is 1.89. The van der Waals surface area contributed by atoms with Crippen LogP contribution in [-0.2, 0) is 14.3 Å². The summed E-state index contributed by atoms with van der Waals surface area (Å²) in [5, 5.41) is 11.5. The number of aliphatic carboxylic acids is 1. The molecule has 0 aromatic heterocycles. The number of ether oxygens (including phenoxy) is 1. The lowest BCUT2D eigenvalue weighted by Gasteiger charge is -2.12. The molecule has 0 radical (unpaired) electrons. The van der Waals surface area contributed by atoms with Crippen molar-refractivity contribution < 1.29 is 19.4 Å². The van der Waals surface area contributed by atoms with Crippen molar-refractivity contribution in [1.82, 2.24) is 10.2 Å². The smallest absolute Gasteiger partial charge is 0.332 e. The zero-order valence-electron chi connectivity index (χ0n) is 11.0. The van der Waals surface area contributed by atoms with Gasteiger partial charge in [0.1, 0.15) is 6.10 Å². The summed E-state index contributed by atoms with van der Waals surface area (Å²) in [6.07, 6.45) is 1.42. The molecule has 1 heterocycles. The number of hydrogen-bond acceptors (Lipinski definition) is 4. The molecule has 1 amide bonds. The van der Waals surface area contributed by atoms with Gasteiger partial charge in [-0.2, -0.15) is 0 Å². The Morgan fingerprint density at radius 1 is 1.28 bits per heavy atom. The number of nitrogens with one attached hydrogen (secondary N) is 1. The van der Waals surface area contributed by atoms with E-state index in [1.165, 1.54) is 0 Å². The number of nitrogens with zero attached hydrogens (tertiary/aromatic N) is 1. The first-order chi connectivity index (χ1) is 8.50. The highest BCUT2D eigenvalue weighted by atomic mass is 16.5. The number of amides is 1. The molecule has 0 bridgehead atoms. The van der Waals surface area contributed by atoms with Crippen LogP contribution in [0.5, 0.6) is 0 Å². The highest BCUT2D eigenvalue weighted by Crippen LogP contribution is 2.19. The molecule has 2 N–H and O–H groups in total. The SMILES string of the molecule is CN(C)CCCCNC(=O)C1CCC(C(=O)O)O1. The maximum absolute atomic E-state index is 11.7. The fraction of sp³-hybridized carbons (Fsp3) is 0.833. The molecule has 0 aliphatic carbocycles. The van der Waals surface area contributed by atoms with Gasteiger partial charge in [-0.25, -0.2) is 4.79 Å². The molecule has 2 atom stereocenters. The van der Waals surface area contributed by atoms with Crippen LogP contribution in [-0.4, -0.2) is 61.3 Å². The average Bonchev–Trinajstić information content (AvgIpc) is 2.77. The van der Waals surface area contributed by atoms with Crippen molar-refractivity contribution in [3.63, 3.8) is 0 Å². The lowest BCUT2D eigenvalue weighted by Crippen LogP contribution is -2.36. The molecular formula is C12H22N2O4. The minimum Gasteiger partial charge on any atom is -0.479 e. The van der Waals surface area contributed by atoms with Crippen LogP contribution >= 0.6 is 0 Å². The molecular weight excluding hydrogens is 236 g/mol. The summed E-state index contributed by atoms with van der Waals surface area (Å²) >= 11 is 0. The predicted octanol–water partition coefficient (Wildman–Crippen LogP) is 0.0766. The minimum atomic E-state index is -0.990. The summed E-state index contributed by atoms with van der Waals surface area (Å²) in [5.41, 5.74) is 0. The maximum Gasteiger partial charge on any atom is 0.332 e. The molecule has 2 unspecified atom stereocenters. The van der Waals surface area contributed by atoms with Gasteiger partial charge in [0.15, 0.2) is 6.10 Å². The Kier molecular flexibility index (Phi) is 6.07. The molecule has 0 saturated carbocycles. The quantitative estimate of drug-likeness (QED) is 0.632. The Morgan fingerprint density at radius 3 is 2.50 bits per heavy atom. The fourth-order valence-corrected chi connectivity index (χ4v) is 1.89. The molecule has 1 aliphatic rings. The molecule has 1 aliphatic heterocycles. The number of unbranched alkanes of at least 4 members (excludes halogenated alkanes) is 1. The third-order valence-electron chi connectivity index (χ3n) is 2.92. The molecule has 1 fully saturated rings. The van der Waals surface area contributed by atoms with E-state index in [0.717, 1.165) is 19.4 Å². The van der Waals surface area contributed by atoms with Crippen LogP contribution in [0.3, 0.4) is 0 Å². The second kappa shape index (κ2) is 7.33. The highest BCUT2D eigenvalue weighted by Gasteiger charge is 2.34. The van der Waals surface area contributed by atoms with Crippen LogP contribution in [0.25, 0.3) is 0 Å². The van der Waals surface area contributed by atoms with E-state index in [9.17, 15) is 9.59 Å². The number of carboxylic acids is 1. The summed E-state index contributed by atoms with van der Waals surface area (Å²) in [7, 11) is 4.02. The van der Waals surface area contributed by atoms with Crippen molar-refractivity contribution in [3.05, 3.63) is 0 Å². The van der Waals surface area contributed by atoms with E-state index in [4.69, 9.17) is 9.84 Å². The number of carbonyl (C=O) groups is 2. The van der Waals surface area contributed by atoms with E-state index in [2.05, 4.69) is 10.2 Å². The summed E-state index contributed by atoms with van der Waals surface area (Å²) < 4.78 is 5.16. The Balaban J connectivity index is 2.12. The first kappa shape index (κ1) is 14.9. The molecule has 18 heavy (non-hydrogen) atoms. The zero-order chi connectivity index (χ0) is 13.5. The zero-order valence-corrected chi connectivity index (χ0v) is 11.0. The maximum atomic E-state index is 11.7. The van der Waals surface area contributed by atoms with Crippen molar-refractivity contribution >= 4 is 11.9 Å². The summed E-state index contributed by atoms with van der Waals surface area (Å²) in [6, 6.07) is 0. The monoisotopic (exact) mass is 258 g/mol. The van der Waals surface area contributed by atoms with Crippen LogP contribution in [0.1, 0.15) is 25.7 Å². The van der Waals surface area contributed by atoms with Crippen LogP contribution in [0.15, 0.2) is 0 Å². The lowest BCUT2D eigenvalue weighted by molar-refractivity contribution is -0.151. The van der Waals surface area contributed by atoms with Gasteiger partial charge in [-0.3, -0.25) is 4.79 Å². The van der Waals surface area contributed by atoms with Crippen molar-refractivity contribution in [2.24, 2.45) is 0 Å². The van der Waals surface area contributed by atoms with Gasteiger partial charge in [-0.05, 0) is 46.3 Å². The van der Waals surface area contributed by atoms with E-state index >= 15 is 0 Å². The van der Waals surface area contributed by atoms with E-state index in [1.807, 2.05) is 14.1 Å². The van der Waals surface area contributed by atoms with Gasteiger partial charge in [-0.1, -0.05) is 0 Å². The summed E-state index contributed by atoms with van der Waals surface area (Å²) in [5.74, 6) is -1.18. The average molecular weight is 258 g/mol. The van der Waals surface area contributed by atoms with Crippen LogP contribution < -0.4 is 5.32 Å². The Bertz CT molecular complexity index is 294. The van der Waals surface area contributed by atoms with E-state index < -0.39 is 18.2 Å². The van der Waals surface area contributed by atoms with Crippen LogP contribution in [0.4, 0.5) is 0 Å². The summed E-state index contributed by atoms with van der Waals surface area (Å²) in [6.45, 7) is 1.61. The number of carboxylic acid groups (broad SMARTS) is 1. The number of carbonyl (C=O) groups excluding carboxylic acids is 1. The second-order valence-corrected chi connectivity index (χ2v) is 4.83. The topological polar surface area (TPSA) is 78.9 Å². The molecule has 6 nitrogen and oxygen atoms in total. The Hall–Kier alpha value is -1.14. The van der Waals surface area contributed by atoms with Gasteiger partial charge >= 0.3 is 5.97 Å². The van der Waals surface area contributed by atoms with Crippen molar-refractivity contribution in [3.8, 4) is 0 Å². The Morgan fingerprint density at radius 2 is 1.94 bits per heavy atom. The highest BCUT2D eigenvalue weighted by molar-refractivity contribution is 5.82. The molecule has 0 spiro atoms. The van der Waals surface area contributed by atoms with Crippen molar-refractivity contribution in [2.45, 2.75) is 37.9 Å². The van der Waals surface area contributed by atoms with Gasteiger partial charge in [0.25, 0.3) is 0 Å². The van der Waals surface area contributed by atoms with Gasteiger partial charge in [-0.15, -0.1) is 0 Å². The molecule has 0 aromatic carbocycles. The van der Waals surface area contributed by atoms with Crippen LogP contribution in [0.2, 0.25) is 0 Å². The Labute approximate surface area is 107 Å². The van der Waals surface area contributed by atoms with E-state index in [0.29, 0.717) is 19.4 Å². The largest absolute Gasteiger partial charge is 0.479 e. The predicted molar refractivity (Wildman–Crippen MR) is 66.3 cm³/mol. The number of hydrogen-bond donors (Lipinski definition) is 2. The van der Waals surface area contributed by atoms with Gasteiger partial charge in [0, 0.05) is 6.54 Å². The molecule has 0 aromatic rings. The molecule has 1 rings (SSSR count). The van der Waals surface area contributed by atoms with Gasteiger partial charge in [0.2, 0.25) is 5.91 Å². The van der Waals surface area contributed by atoms with E-state index in [1.54, 1.807) is 0 Å². The third-order valence-corrected chi connectivity index (χ3v) is 2.92. The third kappa shape index (κ3) is 5.01. The molecule has 104 valence electrons. The minimum absolute atomic E-state index is 0.191. The number of rotatable bonds is 7. The van der Waals surface area contributed by atoms with Crippen molar-refractivity contribution in [1.29, 1.82) is 0 Å². The molecule has 6 heteroatoms. The second-order valence-electron chi connectivity index (χ2n) is 4.83. The van der Waals surface area contributed by atoms with Crippen molar-refractivity contribution in [2.75, 3.05) is 27.2 Å². The van der Waals surface area contributed by atoms with Gasteiger partial charge in [0.05, 0.1) is 0 Å². The van der Waals surface area contributed by atoms with Gasteiger partial charge < -0.3 is 20.1 Å². The normalized spacial score (nSPS) is 23.3. The summed E-state index contributed by atoms with van der Waals surface area (Å²) in [4.78, 5) is 24.4. The first-order valence-electron chi connectivity index (χ1n) is 6.31. The lowest BCUT2D eigenvalue weighted by atomic mass is 10.2.